The van der Waals surface area contributed by atoms with Gasteiger partial charge in [-0.15, -0.1) is 24.0 Å². The number of benzene rings is 4. The monoisotopic (exact) mass is 1130 g/mol. The molecule has 0 spiro atoms. The Labute approximate surface area is 381 Å². The second-order valence-electron chi connectivity index (χ2n) is 15.2. The third-order valence-corrected chi connectivity index (χ3v) is 11.8. The van der Waals surface area contributed by atoms with Gasteiger partial charge in [-0.05, 0) is 70.2 Å². The lowest BCUT2D eigenvalue weighted by Crippen LogP contribution is -2.25. The molecule has 0 nitrogen and oxygen atoms in total. The van der Waals surface area contributed by atoms with Gasteiger partial charge in [-0.3, -0.25) is 0 Å². The van der Waals surface area contributed by atoms with E-state index in [0.29, 0.717) is 0 Å². The molecule has 0 bridgehead atoms. The standard InChI is InChI=1S/C29H42.C13H10.C8H17Br.I2.HI/c1-3-5-7-9-11-17-23-29(24-18-12-10-8-6-4-2)27-21-15-13-19-25(27)26-20-14-16-22-28(26)29;1-3-7-12-10(5-1)9-11-6-2-4-8-13(11)12;1-2-3-4-5-6-7-8-9;1-2;/h13-16,19-22H,3-12,17-18,23-24H2,1-2H3;1-8H,9H2;2-8H2,1H3;;1H. The van der Waals surface area contributed by atoms with Crippen LogP contribution in [-0.4, -0.2) is 5.33 Å². The zero-order chi connectivity index (χ0) is 38.0. The highest BCUT2D eigenvalue weighted by Gasteiger charge is 2.41. The van der Waals surface area contributed by atoms with Crippen molar-refractivity contribution in [3.63, 3.8) is 0 Å². The second kappa shape index (κ2) is 30.6. The quantitative estimate of drug-likeness (QED) is 0.0414. The molecule has 2 aliphatic carbocycles. The van der Waals surface area contributed by atoms with Gasteiger partial charge in [0.25, 0.3) is 0 Å². The lowest BCUT2D eigenvalue weighted by Gasteiger charge is -2.33. The van der Waals surface area contributed by atoms with Crippen molar-refractivity contribution in [3.05, 3.63) is 119 Å². The van der Waals surface area contributed by atoms with E-state index in [0.717, 1.165) is 6.42 Å². The summed E-state index contributed by atoms with van der Waals surface area (Å²) in [5, 5.41) is 1.18. The summed E-state index contributed by atoms with van der Waals surface area (Å²) in [5.41, 5.74) is 12.2. The van der Waals surface area contributed by atoms with E-state index >= 15 is 0 Å². The maximum Gasteiger partial charge on any atom is 0.0215 e. The van der Waals surface area contributed by atoms with Gasteiger partial charge in [0.1, 0.15) is 0 Å². The van der Waals surface area contributed by atoms with Gasteiger partial charge < -0.3 is 0 Å². The summed E-state index contributed by atoms with van der Waals surface area (Å²) < 4.78 is 0. The topological polar surface area (TPSA) is 0 Å². The number of hydrogen-bond donors (Lipinski definition) is 0. The van der Waals surface area contributed by atoms with Gasteiger partial charge >= 0.3 is 0 Å². The fourth-order valence-electron chi connectivity index (χ4n) is 8.45. The van der Waals surface area contributed by atoms with Crippen LogP contribution in [0.1, 0.15) is 171 Å². The molecule has 0 aromatic heterocycles. The molecule has 6 rings (SSSR count). The Bertz CT molecular complexity index is 1420. The summed E-state index contributed by atoms with van der Waals surface area (Å²) in [4.78, 5) is 0. The van der Waals surface area contributed by atoms with Gasteiger partial charge in [0.2, 0.25) is 0 Å². The van der Waals surface area contributed by atoms with Gasteiger partial charge in [-0.25, -0.2) is 0 Å². The Morgan fingerprint density at radius 2 is 0.741 bits per heavy atom. The summed E-state index contributed by atoms with van der Waals surface area (Å²) in [5.74, 6) is 0. The summed E-state index contributed by atoms with van der Waals surface area (Å²) in [6.07, 6.45) is 28.8. The van der Waals surface area contributed by atoms with Crippen LogP contribution in [0.15, 0.2) is 97.1 Å². The number of hydrogen-bond acceptors (Lipinski definition) is 0. The van der Waals surface area contributed by atoms with Crippen LogP contribution in [0.5, 0.6) is 0 Å². The molecule has 0 fully saturated rings. The molecular formula is C50H70BrI3. The van der Waals surface area contributed by atoms with Crippen LogP contribution < -0.4 is 0 Å². The minimum atomic E-state index is 0. The van der Waals surface area contributed by atoms with Crippen molar-refractivity contribution in [2.45, 2.75) is 161 Å². The van der Waals surface area contributed by atoms with Crippen molar-refractivity contribution in [1.29, 1.82) is 0 Å². The third-order valence-electron chi connectivity index (χ3n) is 11.3. The highest BCUT2D eigenvalue weighted by atomic mass is 128. The average molecular weight is 1130 g/mol. The molecule has 0 amide bonds. The van der Waals surface area contributed by atoms with Gasteiger partial charge in [0, 0.05) is 48.0 Å². The van der Waals surface area contributed by atoms with Gasteiger partial charge in [0.15, 0.2) is 0 Å². The molecule has 4 heteroatoms. The van der Waals surface area contributed by atoms with Crippen LogP contribution in [0, 0.1) is 0 Å². The number of unbranched alkanes of at least 4 members (excludes halogenated alkanes) is 15. The Morgan fingerprint density at radius 1 is 0.426 bits per heavy atom. The largest absolute Gasteiger partial charge is 0.107 e. The Balaban J connectivity index is 0.000000331. The molecule has 298 valence electrons. The molecule has 0 N–H and O–H groups in total. The molecular weight excluding hydrogens is 1060 g/mol. The number of fused-ring (bicyclic) bond motifs is 6. The molecule has 54 heavy (non-hydrogen) atoms. The van der Waals surface area contributed by atoms with Crippen LogP contribution in [0.2, 0.25) is 0 Å². The molecule has 0 saturated heterocycles. The zero-order valence-electron chi connectivity index (χ0n) is 33.8. The Hall–Kier alpha value is -0.450. The predicted molar refractivity (Wildman–Crippen MR) is 274 cm³/mol. The fourth-order valence-corrected chi connectivity index (χ4v) is 8.84. The molecule has 0 radical (unpaired) electrons. The molecule has 0 aliphatic heterocycles. The second-order valence-corrected chi connectivity index (χ2v) is 15.9. The Kier molecular flexibility index (Phi) is 28.2. The van der Waals surface area contributed by atoms with Gasteiger partial charge in [-0.1, -0.05) is 243 Å². The van der Waals surface area contributed by atoms with Crippen molar-refractivity contribution in [2.75, 3.05) is 5.33 Å². The van der Waals surface area contributed by atoms with E-state index in [4.69, 9.17) is 0 Å². The first-order valence-corrected chi connectivity index (χ1v) is 28.7. The van der Waals surface area contributed by atoms with Crippen LogP contribution in [0.25, 0.3) is 22.3 Å². The molecule has 2 aliphatic rings. The minimum Gasteiger partial charge on any atom is -0.107 e. The number of rotatable bonds is 20. The third kappa shape index (κ3) is 15.7. The first-order valence-electron chi connectivity index (χ1n) is 21.3. The SMILES string of the molecule is CCCCCCCCBr.CCCCCCCCC1(CCCCCCCC)c2ccccc2-c2ccccc21.I.II.c1ccc2c(c1)Cc1ccccc1-2. The van der Waals surface area contributed by atoms with Crippen molar-refractivity contribution in [3.8, 4) is 22.3 Å². The normalized spacial score (nSPS) is 12.3. The number of halogens is 4. The zero-order valence-corrected chi connectivity index (χ0v) is 42.1. The summed E-state index contributed by atoms with van der Waals surface area (Å²) >= 11 is 7.66. The van der Waals surface area contributed by atoms with Crippen LogP contribution in [-0.2, 0) is 11.8 Å². The van der Waals surface area contributed by atoms with E-state index in [9.17, 15) is 0 Å². The average Bonchev–Trinajstić information content (AvgIpc) is 3.73. The Morgan fingerprint density at radius 3 is 1.13 bits per heavy atom. The first-order chi connectivity index (χ1) is 26.2. The number of alkyl halides is 1. The predicted octanol–water partition coefficient (Wildman–Crippen LogP) is 18.8. The van der Waals surface area contributed by atoms with E-state index in [-0.39, 0.29) is 29.4 Å². The van der Waals surface area contributed by atoms with Gasteiger partial charge in [-0.2, -0.15) is 0 Å². The summed E-state index contributed by atoms with van der Waals surface area (Å²) in [6.45, 7) is 6.87. The molecule has 0 saturated carbocycles. The highest BCUT2D eigenvalue weighted by molar-refractivity contribution is 15.0. The van der Waals surface area contributed by atoms with Crippen LogP contribution in [0.3, 0.4) is 0 Å². The maximum absolute atomic E-state index is 3.42. The van der Waals surface area contributed by atoms with E-state index in [2.05, 4.69) is 171 Å². The first kappa shape index (κ1) is 49.7. The van der Waals surface area contributed by atoms with E-state index in [1.807, 2.05) is 0 Å². The molecule has 0 atom stereocenters. The summed E-state index contributed by atoms with van der Waals surface area (Å²) in [6, 6.07) is 35.9. The van der Waals surface area contributed by atoms with Crippen molar-refractivity contribution < 1.29 is 0 Å². The van der Waals surface area contributed by atoms with Crippen LogP contribution in [0.4, 0.5) is 0 Å². The lowest BCUT2D eigenvalue weighted by molar-refractivity contribution is 0.398. The van der Waals surface area contributed by atoms with Crippen molar-refractivity contribution in [2.24, 2.45) is 0 Å². The van der Waals surface area contributed by atoms with Crippen molar-refractivity contribution >= 4 is 77.1 Å². The molecule has 0 heterocycles. The minimum absolute atomic E-state index is 0. The molecule has 4 aromatic rings. The lowest BCUT2D eigenvalue weighted by atomic mass is 9.70. The molecule has 0 unspecified atom stereocenters. The summed E-state index contributed by atoms with van der Waals surface area (Å²) in [7, 11) is 0. The maximum atomic E-state index is 3.42. The smallest absolute Gasteiger partial charge is 0.0215 e. The molecule has 4 aromatic carbocycles. The van der Waals surface area contributed by atoms with E-state index in [1.54, 1.807) is 11.1 Å². The fraction of sp³-hybridized carbons (Fsp3) is 0.520. The van der Waals surface area contributed by atoms with Crippen molar-refractivity contribution in [1.82, 2.24) is 0 Å². The van der Waals surface area contributed by atoms with E-state index in [1.165, 1.54) is 167 Å². The van der Waals surface area contributed by atoms with Gasteiger partial charge in [0.05, 0.1) is 0 Å². The van der Waals surface area contributed by atoms with E-state index < -0.39 is 0 Å². The van der Waals surface area contributed by atoms with Crippen LogP contribution >= 0.6 is 77.1 Å². The highest BCUT2D eigenvalue weighted by Crippen LogP contribution is 2.54.